The minimum atomic E-state index is -0.986. The Kier molecular flexibility index (Phi) is 10.5. The number of pyridine rings is 1. The summed E-state index contributed by atoms with van der Waals surface area (Å²) in [4.78, 5) is 61.1. The third kappa shape index (κ3) is 7.98. The second kappa shape index (κ2) is 13.4. The summed E-state index contributed by atoms with van der Waals surface area (Å²) >= 11 is 12.9. The van der Waals surface area contributed by atoms with E-state index in [9.17, 15) is 19.2 Å². The Morgan fingerprint density at radius 2 is 1.55 bits per heavy atom. The molecule has 0 radical (unpaired) electrons. The van der Waals surface area contributed by atoms with Crippen molar-refractivity contribution in [2.75, 3.05) is 18.1 Å². The maximum absolute atomic E-state index is 14.7. The fourth-order valence-corrected chi connectivity index (χ4v) is 4.58. The standard InChI is InChI=1S/C32H38Cl2N4O6/c1-10-37(11-2)28(40)25-24(26(43-29(41)31(4,5)6)20-14-13-19(33)17-22(20)35-25)27(39)38(36-30(42)44-32(7,8)9)23-15-12-18(3)16-21(23)34/h12-17H,10-11H2,1-9H3,(H,36,42). The minimum Gasteiger partial charge on any atom is -0.443 e. The molecular weight excluding hydrogens is 607 g/mol. The summed E-state index contributed by atoms with van der Waals surface area (Å²) in [6, 6.07) is 9.44. The summed E-state index contributed by atoms with van der Waals surface area (Å²) in [6.07, 6.45) is -0.965. The molecule has 0 saturated carbocycles. The van der Waals surface area contributed by atoms with Gasteiger partial charge in [-0.3, -0.25) is 14.4 Å². The molecule has 3 aromatic rings. The van der Waals surface area contributed by atoms with Crippen LogP contribution in [0.2, 0.25) is 10.0 Å². The molecule has 12 heteroatoms. The van der Waals surface area contributed by atoms with Crippen LogP contribution in [-0.2, 0) is 9.53 Å². The number of esters is 1. The summed E-state index contributed by atoms with van der Waals surface area (Å²) in [5.41, 5.74) is 1.01. The average molecular weight is 646 g/mol. The van der Waals surface area contributed by atoms with E-state index >= 15 is 0 Å². The maximum atomic E-state index is 14.7. The monoisotopic (exact) mass is 644 g/mol. The first-order chi connectivity index (χ1) is 20.4. The third-order valence-corrected chi connectivity index (χ3v) is 6.86. The Morgan fingerprint density at radius 3 is 2.09 bits per heavy atom. The predicted molar refractivity (Wildman–Crippen MR) is 171 cm³/mol. The molecule has 0 bridgehead atoms. The molecule has 1 N–H and O–H groups in total. The van der Waals surface area contributed by atoms with Gasteiger partial charge in [-0.2, -0.15) is 0 Å². The van der Waals surface area contributed by atoms with Gasteiger partial charge < -0.3 is 14.4 Å². The van der Waals surface area contributed by atoms with Crippen molar-refractivity contribution in [1.82, 2.24) is 15.3 Å². The Balaban J connectivity index is 2.44. The molecule has 3 amide bonds. The third-order valence-electron chi connectivity index (χ3n) is 6.32. The molecule has 0 fully saturated rings. The minimum absolute atomic E-state index is 0.0821. The van der Waals surface area contributed by atoms with Crippen molar-refractivity contribution in [3.05, 3.63) is 63.3 Å². The van der Waals surface area contributed by atoms with Gasteiger partial charge in [-0.15, -0.1) is 0 Å². The Hall–Kier alpha value is -3.89. The second-order valence-corrected chi connectivity index (χ2v) is 13.0. The summed E-state index contributed by atoms with van der Waals surface area (Å²) in [5, 5.41) is 1.55. The van der Waals surface area contributed by atoms with Gasteiger partial charge in [-0.05, 0) is 98.2 Å². The van der Waals surface area contributed by atoms with Crippen molar-refractivity contribution in [3.8, 4) is 5.75 Å². The largest absolute Gasteiger partial charge is 0.443 e. The van der Waals surface area contributed by atoms with Crippen molar-refractivity contribution in [3.63, 3.8) is 0 Å². The Morgan fingerprint density at radius 1 is 0.909 bits per heavy atom. The number of hydrogen-bond donors (Lipinski definition) is 1. The van der Waals surface area contributed by atoms with Crippen molar-refractivity contribution in [2.24, 2.45) is 5.41 Å². The first-order valence-electron chi connectivity index (χ1n) is 14.1. The first kappa shape index (κ1) is 34.6. The molecule has 0 aliphatic rings. The highest BCUT2D eigenvalue weighted by molar-refractivity contribution is 6.34. The molecule has 2 aromatic carbocycles. The van der Waals surface area contributed by atoms with Gasteiger partial charge in [0, 0.05) is 23.5 Å². The van der Waals surface area contributed by atoms with Crippen molar-refractivity contribution in [1.29, 1.82) is 0 Å². The Labute approximate surface area is 267 Å². The number of carbonyl (C=O) groups excluding carboxylic acids is 4. The molecular formula is C32H38Cl2N4O6. The number of aromatic nitrogens is 1. The summed E-state index contributed by atoms with van der Waals surface area (Å²) in [6.45, 7) is 15.9. The lowest BCUT2D eigenvalue weighted by atomic mass is 9.97. The molecule has 1 aromatic heterocycles. The SMILES string of the molecule is CCN(CC)C(=O)c1nc2cc(Cl)ccc2c(OC(=O)C(C)(C)C)c1C(=O)N(NC(=O)OC(C)(C)C)c1ccc(C)cc1Cl. The number of benzene rings is 2. The summed E-state index contributed by atoms with van der Waals surface area (Å²) in [5.74, 6) is -2.43. The zero-order chi connectivity index (χ0) is 33.1. The van der Waals surface area contributed by atoms with Gasteiger partial charge in [0.25, 0.3) is 11.8 Å². The number of rotatable bonds is 6. The van der Waals surface area contributed by atoms with E-state index in [2.05, 4.69) is 10.4 Å². The van der Waals surface area contributed by atoms with Gasteiger partial charge in [0.1, 0.15) is 16.9 Å². The lowest BCUT2D eigenvalue weighted by Crippen LogP contribution is -2.49. The molecule has 0 unspecified atom stereocenters. The van der Waals surface area contributed by atoms with Gasteiger partial charge in [0.2, 0.25) is 0 Å². The quantitative estimate of drug-likeness (QED) is 0.220. The molecule has 0 saturated heterocycles. The van der Waals surface area contributed by atoms with Crippen LogP contribution in [0.25, 0.3) is 10.9 Å². The molecule has 0 atom stereocenters. The van der Waals surface area contributed by atoms with Crippen LogP contribution in [0, 0.1) is 12.3 Å². The molecule has 44 heavy (non-hydrogen) atoms. The van der Waals surface area contributed by atoms with E-state index in [1.165, 1.54) is 17.0 Å². The molecule has 10 nitrogen and oxygen atoms in total. The van der Waals surface area contributed by atoms with E-state index in [-0.39, 0.29) is 38.6 Å². The predicted octanol–water partition coefficient (Wildman–Crippen LogP) is 7.37. The number of hydrogen-bond acceptors (Lipinski definition) is 7. The van der Waals surface area contributed by atoms with Gasteiger partial charge in [0.05, 0.1) is 21.6 Å². The fraction of sp³-hybridized carbons (Fsp3) is 0.406. The number of anilines is 1. The average Bonchev–Trinajstić information content (AvgIpc) is 2.90. The second-order valence-electron chi connectivity index (χ2n) is 12.2. The van der Waals surface area contributed by atoms with Gasteiger partial charge >= 0.3 is 12.1 Å². The van der Waals surface area contributed by atoms with E-state index in [0.29, 0.717) is 18.1 Å². The smallest absolute Gasteiger partial charge is 0.427 e. The highest BCUT2D eigenvalue weighted by Crippen LogP contribution is 2.37. The van der Waals surface area contributed by atoms with Crippen LogP contribution in [0.1, 0.15) is 81.8 Å². The van der Waals surface area contributed by atoms with Gasteiger partial charge in [-0.25, -0.2) is 20.2 Å². The topological polar surface area (TPSA) is 118 Å². The van der Waals surface area contributed by atoms with Crippen LogP contribution in [0.5, 0.6) is 5.75 Å². The summed E-state index contributed by atoms with van der Waals surface area (Å²) < 4.78 is 11.4. The number of nitrogens with zero attached hydrogens (tertiary/aromatic N) is 3. The number of fused-ring (bicyclic) bond motifs is 1. The number of halogens is 2. The van der Waals surface area contributed by atoms with E-state index in [4.69, 9.17) is 32.7 Å². The summed E-state index contributed by atoms with van der Waals surface area (Å²) in [7, 11) is 0. The molecule has 0 aliphatic carbocycles. The molecule has 3 rings (SSSR count). The van der Waals surface area contributed by atoms with Crippen LogP contribution < -0.4 is 15.2 Å². The van der Waals surface area contributed by atoms with Gasteiger partial charge in [0.15, 0.2) is 5.75 Å². The van der Waals surface area contributed by atoms with Crippen molar-refractivity contribution in [2.45, 2.75) is 67.9 Å². The fourth-order valence-electron chi connectivity index (χ4n) is 4.09. The lowest BCUT2D eigenvalue weighted by Gasteiger charge is -2.29. The van der Waals surface area contributed by atoms with Crippen LogP contribution >= 0.6 is 23.2 Å². The maximum Gasteiger partial charge on any atom is 0.427 e. The number of hydrazine groups is 1. The van der Waals surface area contributed by atoms with Gasteiger partial charge in [-0.1, -0.05) is 29.3 Å². The van der Waals surface area contributed by atoms with Crippen LogP contribution in [0.15, 0.2) is 36.4 Å². The zero-order valence-corrected chi connectivity index (χ0v) is 27.9. The number of ether oxygens (including phenoxy) is 2. The number of carbonyl (C=O) groups is 4. The highest BCUT2D eigenvalue weighted by Gasteiger charge is 2.36. The zero-order valence-electron chi connectivity index (χ0n) is 26.4. The Bertz CT molecular complexity index is 1610. The number of nitrogens with one attached hydrogen (secondary N) is 1. The normalized spacial score (nSPS) is 11.6. The molecule has 0 aliphatic heterocycles. The van der Waals surface area contributed by atoms with E-state index < -0.39 is 34.9 Å². The molecule has 1 heterocycles. The first-order valence-corrected chi connectivity index (χ1v) is 14.9. The van der Waals surface area contributed by atoms with E-state index in [0.717, 1.165) is 10.6 Å². The van der Waals surface area contributed by atoms with Crippen LogP contribution in [0.3, 0.4) is 0 Å². The highest BCUT2D eigenvalue weighted by atomic mass is 35.5. The molecule has 236 valence electrons. The van der Waals surface area contributed by atoms with Crippen molar-refractivity contribution >= 4 is 63.7 Å². The molecule has 0 spiro atoms. The number of amides is 3. The lowest BCUT2D eigenvalue weighted by molar-refractivity contribution is -0.142. The van der Waals surface area contributed by atoms with E-state index in [1.54, 1.807) is 79.7 Å². The van der Waals surface area contributed by atoms with Crippen LogP contribution in [-0.4, -0.2) is 52.5 Å². The van der Waals surface area contributed by atoms with E-state index in [1.807, 2.05) is 6.92 Å². The number of aryl methyl sites for hydroxylation is 1. The van der Waals surface area contributed by atoms with Crippen molar-refractivity contribution < 1.29 is 28.7 Å². The van der Waals surface area contributed by atoms with Crippen LogP contribution in [0.4, 0.5) is 10.5 Å².